The van der Waals surface area contributed by atoms with E-state index in [1.807, 2.05) is 26.2 Å². The molecule has 1 aromatic heterocycles. The molecule has 4 fully saturated rings. The van der Waals surface area contributed by atoms with E-state index in [-0.39, 0.29) is 35.1 Å². The fourth-order valence-corrected chi connectivity index (χ4v) is 6.38. The average Bonchev–Trinajstić information content (AvgIpc) is 3.73. The van der Waals surface area contributed by atoms with Gasteiger partial charge in [0.1, 0.15) is 6.04 Å². The standard InChI is InChI=1S/C27H37N5O5S/c1-26(2,3)19-14-38-24(31-19)25(37)32-11-9-27(7-8-27)13-18(32)22(35)30-17(12-15-6-10-28-21(15)34)20(33)23(36)29-16-4-5-16/h14-18H,4-13H2,1-3H3,(H,28,34)(H,29,36)(H,30,35)/t15-,17-,18-/m0/s1. The summed E-state index contributed by atoms with van der Waals surface area (Å²) < 4.78 is 0. The van der Waals surface area contributed by atoms with Gasteiger partial charge in [-0.3, -0.25) is 24.0 Å². The van der Waals surface area contributed by atoms with Gasteiger partial charge in [0.05, 0.1) is 11.7 Å². The fourth-order valence-electron chi connectivity index (χ4n) is 5.38. The highest BCUT2D eigenvalue weighted by Gasteiger charge is 2.52. The molecular formula is C27H37N5O5S. The van der Waals surface area contributed by atoms with Crippen LogP contribution in [0, 0.1) is 11.3 Å². The molecule has 11 heteroatoms. The van der Waals surface area contributed by atoms with Crippen LogP contribution in [-0.2, 0) is 24.6 Å². The summed E-state index contributed by atoms with van der Waals surface area (Å²) in [7, 11) is 0. The van der Waals surface area contributed by atoms with Crippen molar-refractivity contribution in [3.05, 3.63) is 16.1 Å². The lowest BCUT2D eigenvalue weighted by molar-refractivity contribution is -0.141. The number of piperidine rings is 1. The minimum atomic E-state index is -1.13. The Kier molecular flexibility index (Phi) is 7.08. The average molecular weight is 544 g/mol. The van der Waals surface area contributed by atoms with Crippen LogP contribution in [0.5, 0.6) is 0 Å². The Balaban J connectivity index is 1.35. The highest BCUT2D eigenvalue weighted by atomic mass is 32.1. The number of amides is 4. The second-order valence-electron chi connectivity index (χ2n) is 12.4. The van der Waals surface area contributed by atoms with E-state index in [4.69, 9.17) is 0 Å². The number of likely N-dealkylation sites (tertiary alicyclic amines) is 1. The molecule has 10 nitrogen and oxygen atoms in total. The number of ketones is 1. The highest BCUT2D eigenvalue weighted by molar-refractivity contribution is 7.11. The summed E-state index contributed by atoms with van der Waals surface area (Å²) in [5.41, 5.74) is 0.670. The number of aromatic nitrogens is 1. The molecule has 5 rings (SSSR count). The van der Waals surface area contributed by atoms with Crippen molar-refractivity contribution in [3.8, 4) is 0 Å². The maximum atomic E-state index is 13.7. The molecule has 4 aliphatic rings. The molecule has 3 atom stereocenters. The van der Waals surface area contributed by atoms with Crippen molar-refractivity contribution in [1.29, 1.82) is 0 Å². The zero-order valence-corrected chi connectivity index (χ0v) is 23.1. The maximum absolute atomic E-state index is 13.7. The molecule has 206 valence electrons. The van der Waals surface area contributed by atoms with Gasteiger partial charge in [-0.1, -0.05) is 20.8 Å². The van der Waals surface area contributed by atoms with Gasteiger partial charge in [0, 0.05) is 35.8 Å². The monoisotopic (exact) mass is 543 g/mol. The molecule has 38 heavy (non-hydrogen) atoms. The Labute approximate surface area is 226 Å². The second kappa shape index (κ2) is 10.1. The first-order valence-electron chi connectivity index (χ1n) is 13.7. The van der Waals surface area contributed by atoms with Crippen LogP contribution in [0.3, 0.4) is 0 Å². The predicted octanol–water partition coefficient (Wildman–Crippen LogP) is 1.68. The second-order valence-corrected chi connectivity index (χ2v) is 13.3. The van der Waals surface area contributed by atoms with Crippen LogP contribution in [0.4, 0.5) is 0 Å². The van der Waals surface area contributed by atoms with Crippen LogP contribution in [0.25, 0.3) is 0 Å². The van der Waals surface area contributed by atoms with E-state index in [1.165, 1.54) is 11.3 Å². The minimum Gasteiger partial charge on any atom is -0.356 e. The van der Waals surface area contributed by atoms with E-state index in [0.717, 1.165) is 37.8 Å². The number of hydrogen-bond acceptors (Lipinski definition) is 7. The van der Waals surface area contributed by atoms with Crippen molar-refractivity contribution >= 4 is 40.7 Å². The number of hydrogen-bond donors (Lipinski definition) is 3. The molecule has 0 bridgehead atoms. The van der Waals surface area contributed by atoms with Crippen molar-refractivity contribution < 1.29 is 24.0 Å². The van der Waals surface area contributed by atoms with E-state index in [0.29, 0.717) is 30.9 Å². The molecular weight excluding hydrogens is 506 g/mol. The molecule has 0 aromatic carbocycles. The van der Waals surface area contributed by atoms with Gasteiger partial charge < -0.3 is 20.9 Å². The molecule has 3 N–H and O–H groups in total. The fraction of sp³-hybridized carbons (Fsp3) is 0.704. The largest absolute Gasteiger partial charge is 0.356 e. The molecule has 1 spiro atoms. The summed E-state index contributed by atoms with van der Waals surface area (Å²) in [5.74, 6) is -2.84. The lowest BCUT2D eigenvalue weighted by Crippen LogP contribution is -2.58. The van der Waals surface area contributed by atoms with Crippen molar-refractivity contribution in [3.63, 3.8) is 0 Å². The summed E-state index contributed by atoms with van der Waals surface area (Å²) in [6.07, 6.45) is 5.63. The smallest absolute Gasteiger partial charge is 0.289 e. The molecule has 2 aliphatic heterocycles. The van der Waals surface area contributed by atoms with E-state index in [9.17, 15) is 24.0 Å². The van der Waals surface area contributed by atoms with E-state index in [2.05, 4.69) is 20.9 Å². The van der Waals surface area contributed by atoms with Gasteiger partial charge >= 0.3 is 0 Å². The molecule has 0 unspecified atom stereocenters. The Morgan fingerprint density at radius 3 is 2.50 bits per heavy atom. The number of Topliss-reactive ketones (excluding diaryl/α,β-unsaturated/α-hetero) is 1. The zero-order valence-electron chi connectivity index (χ0n) is 22.3. The maximum Gasteiger partial charge on any atom is 0.289 e. The van der Waals surface area contributed by atoms with Gasteiger partial charge in [0.25, 0.3) is 11.8 Å². The third kappa shape index (κ3) is 5.77. The number of nitrogens with zero attached hydrogens (tertiary/aromatic N) is 2. The first-order chi connectivity index (χ1) is 18.0. The van der Waals surface area contributed by atoms with Crippen molar-refractivity contribution in [2.24, 2.45) is 11.3 Å². The Morgan fingerprint density at radius 2 is 1.92 bits per heavy atom. The third-order valence-corrected chi connectivity index (χ3v) is 9.14. The molecule has 0 radical (unpaired) electrons. The number of carbonyl (C=O) groups is 5. The lowest BCUT2D eigenvalue weighted by atomic mass is 9.87. The van der Waals surface area contributed by atoms with Crippen LogP contribution >= 0.6 is 11.3 Å². The normalized spacial score (nSPS) is 25.0. The van der Waals surface area contributed by atoms with E-state index in [1.54, 1.807) is 4.90 Å². The van der Waals surface area contributed by atoms with Gasteiger partial charge in [-0.2, -0.15) is 0 Å². The molecule has 2 aliphatic carbocycles. The van der Waals surface area contributed by atoms with Crippen LogP contribution < -0.4 is 16.0 Å². The molecule has 4 amide bonds. The van der Waals surface area contributed by atoms with Gasteiger partial charge in [-0.15, -0.1) is 11.3 Å². The van der Waals surface area contributed by atoms with Crippen molar-refractivity contribution in [2.45, 2.75) is 95.7 Å². The van der Waals surface area contributed by atoms with Crippen molar-refractivity contribution in [1.82, 2.24) is 25.8 Å². The minimum absolute atomic E-state index is 0.00458. The number of thiazole rings is 1. The SMILES string of the molecule is CC(C)(C)c1csc(C(=O)N2CCC3(CC3)C[C@H]2C(=O)N[C@@H](C[C@@H]2CCNC2=O)C(=O)C(=O)NC2CC2)n1. The summed E-state index contributed by atoms with van der Waals surface area (Å²) in [4.78, 5) is 71.5. The third-order valence-electron chi connectivity index (χ3n) is 8.31. The van der Waals surface area contributed by atoms with Crippen LogP contribution in [0.2, 0.25) is 0 Å². The first kappa shape index (κ1) is 26.8. The summed E-state index contributed by atoms with van der Waals surface area (Å²) >= 11 is 1.28. The Hall–Kier alpha value is -2.82. The predicted molar refractivity (Wildman–Crippen MR) is 140 cm³/mol. The molecule has 2 saturated heterocycles. The van der Waals surface area contributed by atoms with E-state index >= 15 is 0 Å². The van der Waals surface area contributed by atoms with Gasteiger partial charge in [-0.05, 0) is 56.8 Å². The summed E-state index contributed by atoms with van der Waals surface area (Å²) in [6, 6.07) is -1.90. The highest BCUT2D eigenvalue weighted by Crippen LogP contribution is 2.55. The zero-order chi connectivity index (χ0) is 27.2. The molecule has 1 aromatic rings. The van der Waals surface area contributed by atoms with Gasteiger partial charge in [0.2, 0.25) is 17.6 Å². The van der Waals surface area contributed by atoms with Crippen LogP contribution in [0.15, 0.2) is 5.38 Å². The topological polar surface area (TPSA) is 138 Å². The van der Waals surface area contributed by atoms with Crippen LogP contribution in [0.1, 0.15) is 87.6 Å². The van der Waals surface area contributed by atoms with Crippen LogP contribution in [-0.4, -0.2) is 70.5 Å². The Morgan fingerprint density at radius 1 is 1.18 bits per heavy atom. The van der Waals surface area contributed by atoms with Gasteiger partial charge in [-0.25, -0.2) is 4.98 Å². The van der Waals surface area contributed by atoms with Gasteiger partial charge in [0.15, 0.2) is 5.01 Å². The molecule has 3 heterocycles. The van der Waals surface area contributed by atoms with Crippen molar-refractivity contribution in [2.75, 3.05) is 13.1 Å². The number of carbonyl (C=O) groups excluding carboxylic acids is 5. The number of rotatable bonds is 8. The summed E-state index contributed by atoms with van der Waals surface area (Å²) in [5, 5.41) is 10.5. The lowest BCUT2D eigenvalue weighted by Gasteiger charge is -2.39. The molecule has 2 saturated carbocycles. The quantitative estimate of drug-likeness (QED) is 0.427. The Bertz CT molecular complexity index is 1150. The summed E-state index contributed by atoms with van der Waals surface area (Å²) in [6.45, 7) is 7.04. The number of nitrogens with one attached hydrogen (secondary N) is 3. The first-order valence-corrected chi connectivity index (χ1v) is 14.5. The van der Waals surface area contributed by atoms with E-state index < -0.39 is 35.6 Å².